The van der Waals surface area contributed by atoms with Gasteiger partial charge in [-0.1, -0.05) is 6.92 Å². The van der Waals surface area contributed by atoms with Gasteiger partial charge in [-0.3, -0.25) is 9.48 Å². The number of primary sulfonamides is 1. The average Bonchev–Trinajstić information content (AvgIpc) is 2.94. The number of hydrogen-bond acceptors (Lipinski definition) is 5. The first-order valence-electron chi connectivity index (χ1n) is 6.31. The van der Waals surface area contributed by atoms with Gasteiger partial charge in [-0.2, -0.15) is 5.10 Å². The summed E-state index contributed by atoms with van der Waals surface area (Å²) in [7, 11) is -2.38. The number of nitrogens with two attached hydrogens (primary N) is 1. The summed E-state index contributed by atoms with van der Waals surface area (Å²) in [5.74, 6) is -0.630. The molecule has 2 atom stereocenters. The van der Waals surface area contributed by atoms with Gasteiger partial charge in [0, 0.05) is 19.9 Å². The molecule has 0 aliphatic carbocycles. The van der Waals surface area contributed by atoms with Gasteiger partial charge < -0.3 is 10.1 Å². The molecule has 8 nitrogen and oxygen atoms in total. The Hall–Kier alpha value is -1.45. The third kappa shape index (κ3) is 3.00. The molecule has 1 aromatic heterocycles. The van der Waals surface area contributed by atoms with Crippen molar-refractivity contribution in [2.45, 2.75) is 30.8 Å². The van der Waals surface area contributed by atoms with Crippen LogP contribution in [0.1, 0.15) is 19.8 Å². The molecule has 1 aliphatic rings. The molecule has 2 heterocycles. The minimum Gasteiger partial charge on any atom is -0.377 e. The summed E-state index contributed by atoms with van der Waals surface area (Å²) < 4.78 is 29.6. The Kier molecular flexibility index (Phi) is 4.11. The van der Waals surface area contributed by atoms with Gasteiger partial charge in [0.2, 0.25) is 15.9 Å². The first-order chi connectivity index (χ1) is 9.32. The number of nitrogens with zero attached hydrogens (tertiary/aromatic N) is 2. The summed E-state index contributed by atoms with van der Waals surface area (Å²) in [6.07, 6.45) is 2.45. The minimum absolute atomic E-state index is 0.0400. The normalized spacial score (nSPS) is 22.9. The van der Waals surface area contributed by atoms with Crippen molar-refractivity contribution in [1.82, 2.24) is 9.78 Å². The van der Waals surface area contributed by atoms with Crippen LogP contribution in [0.25, 0.3) is 0 Å². The first kappa shape index (κ1) is 14.9. The van der Waals surface area contributed by atoms with Crippen molar-refractivity contribution in [2.75, 3.05) is 11.9 Å². The second kappa shape index (κ2) is 5.51. The number of hydrogen-bond donors (Lipinski definition) is 2. The molecule has 20 heavy (non-hydrogen) atoms. The SMILES string of the molecule is CCC1OCCC1C(=O)Nc1nn(C)cc1S(N)(=O)=O. The number of aromatic nitrogens is 2. The van der Waals surface area contributed by atoms with E-state index in [0.717, 1.165) is 6.42 Å². The van der Waals surface area contributed by atoms with Gasteiger partial charge in [-0.25, -0.2) is 13.6 Å². The minimum atomic E-state index is -3.93. The maximum Gasteiger partial charge on any atom is 0.243 e. The van der Waals surface area contributed by atoms with Crippen LogP contribution < -0.4 is 10.5 Å². The monoisotopic (exact) mass is 302 g/mol. The lowest BCUT2D eigenvalue weighted by molar-refractivity contribution is -0.121. The van der Waals surface area contributed by atoms with Gasteiger partial charge in [0.05, 0.1) is 12.0 Å². The standard InChI is InChI=1S/C11H18N4O4S/c1-3-8-7(4-5-19-8)11(16)13-10-9(20(12,17)18)6-15(2)14-10/h6-8H,3-5H2,1-2H3,(H2,12,17,18)(H,13,14,16). The molecule has 2 rings (SSSR count). The van der Waals surface area contributed by atoms with Crippen molar-refractivity contribution in [3.8, 4) is 0 Å². The molecule has 1 amide bonds. The third-order valence-corrected chi connectivity index (χ3v) is 4.20. The van der Waals surface area contributed by atoms with Crippen LogP contribution in [-0.4, -0.2) is 36.8 Å². The highest BCUT2D eigenvalue weighted by atomic mass is 32.2. The second-order valence-electron chi connectivity index (χ2n) is 4.76. The number of anilines is 1. The highest BCUT2D eigenvalue weighted by Crippen LogP contribution is 2.26. The highest BCUT2D eigenvalue weighted by Gasteiger charge is 2.34. The fraction of sp³-hybridized carbons (Fsp3) is 0.636. The van der Waals surface area contributed by atoms with Crippen LogP contribution in [0.15, 0.2) is 11.1 Å². The van der Waals surface area contributed by atoms with Crippen molar-refractivity contribution < 1.29 is 17.9 Å². The zero-order chi connectivity index (χ0) is 14.9. The molecule has 2 unspecified atom stereocenters. The lowest BCUT2D eigenvalue weighted by Crippen LogP contribution is -2.30. The molecule has 0 radical (unpaired) electrons. The molecule has 1 aromatic rings. The Morgan fingerprint density at radius 3 is 2.95 bits per heavy atom. The van der Waals surface area contributed by atoms with E-state index in [1.54, 1.807) is 7.05 Å². The number of carbonyl (C=O) groups excluding carboxylic acids is 1. The Balaban J connectivity index is 2.20. The summed E-state index contributed by atoms with van der Waals surface area (Å²) in [5, 5.41) is 11.6. The number of rotatable bonds is 4. The quantitative estimate of drug-likeness (QED) is 0.800. The van der Waals surface area contributed by atoms with Crippen LogP contribution in [-0.2, 0) is 26.6 Å². The fourth-order valence-corrected chi connectivity index (χ4v) is 2.98. The maximum atomic E-state index is 12.2. The number of aryl methyl sites for hydroxylation is 1. The topological polar surface area (TPSA) is 116 Å². The molecule has 9 heteroatoms. The molecule has 3 N–H and O–H groups in total. The molecule has 112 valence electrons. The number of ether oxygens (including phenoxy) is 1. The van der Waals surface area contributed by atoms with Gasteiger partial charge >= 0.3 is 0 Å². The van der Waals surface area contributed by atoms with E-state index < -0.39 is 10.0 Å². The molecule has 1 fully saturated rings. The van der Waals surface area contributed by atoms with E-state index in [9.17, 15) is 13.2 Å². The smallest absolute Gasteiger partial charge is 0.243 e. The first-order valence-corrected chi connectivity index (χ1v) is 7.86. The Morgan fingerprint density at radius 1 is 1.65 bits per heavy atom. The predicted octanol–water partition coefficient (Wildman–Crippen LogP) is -0.179. The Bertz CT molecular complexity index is 610. The van der Waals surface area contributed by atoms with Crippen molar-refractivity contribution in [3.05, 3.63) is 6.20 Å². The fourth-order valence-electron chi connectivity index (χ4n) is 2.32. The van der Waals surface area contributed by atoms with E-state index in [1.165, 1.54) is 10.9 Å². The zero-order valence-electron chi connectivity index (χ0n) is 11.4. The van der Waals surface area contributed by atoms with E-state index >= 15 is 0 Å². The highest BCUT2D eigenvalue weighted by molar-refractivity contribution is 7.89. The number of carbonyl (C=O) groups is 1. The predicted molar refractivity (Wildman–Crippen MR) is 71.3 cm³/mol. The maximum absolute atomic E-state index is 12.2. The van der Waals surface area contributed by atoms with E-state index in [1.807, 2.05) is 6.92 Å². The van der Waals surface area contributed by atoms with Crippen molar-refractivity contribution in [2.24, 2.45) is 18.1 Å². The summed E-state index contributed by atoms with van der Waals surface area (Å²) >= 11 is 0. The van der Waals surface area contributed by atoms with Crippen LogP contribution in [0.5, 0.6) is 0 Å². The number of nitrogens with one attached hydrogen (secondary N) is 1. The molecular weight excluding hydrogens is 284 g/mol. The molecule has 0 saturated carbocycles. The Labute approximate surface area is 117 Å². The average molecular weight is 302 g/mol. The molecule has 0 spiro atoms. The van der Waals surface area contributed by atoms with Gasteiger partial charge in [-0.15, -0.1) is 0 Å². The van der Waals surface area contributed by atoms with Crippen LogP contribution in [0.2, 0.25) is 0 Å². The second-order valence-corrected chi connectivity index (χ2v) is 6.29. The molecule has 0 bridgehead atoms. The van der Waals surface area contributed by atoms with E-state index in [-0.39, 0.29) is 28.6 Å². The third-order valence-electron chi connectivity index (χ3n) is 3.29. The van der Waals surface area contributed by atoms with E-state index in [4.69, 9.17) is 9.88 Å². The van der Waals surface area contributed by atoms with E-state index in [0.29, 0.717) is 13.0 Å². The number of amides is 1. The van der Waals surface area contributed by atoms with Gasteiger partial charge in [0.1, 0.15) is 4.90 Å². The molecule has 0 aromatic carbocycles. The van der Waals surface area contributed by atoms with Gasteiger partial charge in [-0.05, 0) is 12.8 Å². The summed E-state index contributed by atoms with van der Waals surface area (Å²) in [6.45, 7) is 2.47. The largest absolute Gasteiger partial charge is 0.377 e. The number of sulfonamides is 1. The van der Waals surface area contributed by atoms with Gasteiger partial charge in [0.25, 0.3) is 0 Å². The van der Waals surface area contributed by atoms with Crippen molar-refractivity contribution in [1.29, 1.82) is 0 Å². The van der Waals surface area contributed by atoms with Crippen molar-refractivity contribution in [3.63, 3.8) is 0 Å². The zero-order valence-corrected chi connectivity index (χ0v) is 12.2. The lowest BCUT2D eigenvalue weighted by Gasteiger charge is -2.15. The van der Waals surface area contributed by atoms with E-state index in [2.05, 4.69) is 10.4 Å². The van der Waals surface area contributed by atoms with Crippen LogP contribution in [0.3, 0.4) is 0 Å². The molecular formula is C11H18N4O4S. The molecule has 1 aliphatic heterocycles. The summed E-state index contributed by atoms with van der Waals surface area (Å²) in [4.78, 5) is 12.0. The van der Waals surface area contributed by atoms with Crippen LogP contribution in [0, 0.1) is 5.92 Å². The molecule has 1 saturated heterocycles. The lowest BCUT2D eigenvalue weighted by atomic mass is 9.99. The van der Waals surface area contributed by atoms with Crippen LogP contribution in [0.4, 0.5) is 5.82 Å². The van der Waals surface area contributed by atoms with Crippen LogP contribution >= 0.6 is 0 Å². The van der Waals surface area contributed by atoms with Gasteiger partial charge in [0.15, 0.2) is 5.82 Å². The Morgan fingerprint density at radius 2 is 2.35 bits per heavy atom. The summed E-state index contributed by atoms with van der Waals surface area (Å²) in [6, 6.07) is 0. The summed E-state index contributed by atoms with van der Waals surface area (Å²) in [5.41, 5.74) is 0. The van der Waals surface area contributed by atoms with Crippen molar-refractivity contribution >= 4 is 21.7 Å².